The lowest BCUT2D eigenvalue weighted by Gasteiger charge is -2.10. The molecule has 0 unspecified atom stereocenters. The minimum Gasteiger partial charge on any atom is -0.494 e. The summed E-state index contributed by atoms with van der Waals surface area (Å²) in [6.07, 6.45) is 6.57. The van der Waals surface area contributed by atoms with Gasteiger partial charge in [0.25, 0.3) is 0 Å². The van der Waals surface area contributed by atoms with Crippen LogP contribution < -0.4 is 0 Å². The van der Waals surface area contributed by atoms with Gasteiger partial charge in [-0.2, -0.15) is 0 Å². The van der Waals surface area contributed by atoms with Crippen LogP contribution in [0.4, 0.5) is 0 Å². The molecule has 1 aliphatic carbocycles. The zero-order chi connectivity index (χ0) is 18.8. The van der Waals surface area contributed by atoms with E-state index in [1.54, 1.807) is 31.2 Å². The molecule has 0 saturated heterocycles. The van der Waals surface area contributed by atoms with Gasteiger partial charge in [-0.1, -0.05) is 35.4 Å². The molecule has 3 rings (SSSR count). The van der Waals surface area contributed by atoms with Gasteiger partial charge in [0.15, 0.2) is 0 Å². The molecule has 0 aliphatic heterocycles. The van der Waals surface area contributed by atoms with Gasteiger partial charge < -0.3 is 14.9 Å². The van der Waals surface area contributed by atoms with E-state index in [1.807, 2.05) is 6.08 Å². The Morgan fingerprint density at radius 1 is 1.35 bits per heavy atom. The maximum Gasteiger partial charge on any atom is 0.349 e. The van der Waals surface area contributed by atoms with E-state index in [9.17, 15) is 15.0 Å². The van der Waals surface area contributed by atoms with Crippen LogP contribution in [0.2, 0.25) is 5.02 Å². The molecule has 136 valence electrons. The van der Waals surface area contributed by atoms with Crippen molar-refractivity contribution in [3.8, 4) is 17.4 Å². The van der Waals surface area contributed by atoms with Gasteiger partial charge in [0.1, 0.15) is 5.03 Å². The molecule has 0 radical (unpaired) electrons. The Bertz CT molecular complexity index is 928. The van der Waals surface area contributed by atoms with E-state index in [1.165, 1.54) is 10.6 Å². The summed E-state index contributed by atoms with van der Waals surface area (Å²) in [5, 5.41) is 21.3. The Kier molecular flexibility index (Phi) is 5.30. The largest absolute Gasteiger partial charge is 0.494 e. The number of benzene rings is 1. The highest BCUT2D eigenvalue weighted by molar-refractivity contribution is 6.43. The summed E-state index contributed by atoms with van der Waals surface area (Å²) >= 11 is 12.2. The number of ether oxygens (including phenoxy) is 1. The molecule has 1 heterocycles. The van der Waals surface area contributed by atoms with Gasteiger partial charge in [0.2, 0.25) is 11.8 Å². The number of nitrogens with zero attached hydrogens (tertiary/aromatic N) is 1. The minimum atomic E-state index is -0.650. The Hall–Kier alpha value is -2.37. The summed E-state index contributed by atoms with van der Waals surface area (Å²) in [6.45, 7) is 1.89. The first-order valence-electron chi connectivity index (χ1n) is 8.10. The van der Waals surface area contributed by atoms with Gasteiger partial charge >= 0.3 is 5.97 Å². The van der Waals surface area contributed by atoms with Gasteiger partial charge in [0.05, 0.1) is 12.3 Å². The van der Waals surface area contributed by atoms with Crippen molar-refractivity contribution in [1.29, 1.82) is 0 Å². The molecule has 0 atom stereocenters. The third-order valence-electron chi connectivity index (χ3n) is 4.10. The second-order valence-corrected chi connectivity index (χ2v) is 6.55. The SMILES string of the molecule is CCOC(=O)C(Cl)=Cc1cc(-n2c(O)c3c(c2O)CCC=C3)ccc1Cl. The molecule has 1 aromatic carbocycles. The normalized spacial score (nSPS) is 13.6. The summed E-state index contributed by atoms with van der Waals surface area (Å²) in [5.74, 6) is -0.722. The molecule has 0 saturated carbocycles. The second kappa shape index (κ2) is 7.48. The molecular formula is C19H17Cl2NO4. The van der Waals surface area contributed by atoms with Gasteiger partial charge in [-0.25, -0.2) is 4.79 Å². The number of esters is 1. The predicted octanol–water partition coefficient (Wildman–Crippen LogP) is 4.64. The topological polar surface area (TPSA) is 71.7 Å². The molecular weight excluding hydrogens is 377 g/mol. The average Bonchev–Trinajstić information content (AvgIpc) is 2.88. The molecule has 0 bridgehead atoms. The molecule has 7 heteroatoms. The molecule has 2 aromatic rings. The third kappa shape index (κ3) is 3.32. The zero-order valence-corrected chi connectivity index (χ0v) is 15.5. The lowest BCUT2D eigenvalue weighted by molar-refractivity contribution is -0.137. The Morgan fingerprint density at radius 3 is 2.81 bits per heavy atom. The van der Waals surface area contributed by atoms with Crippen molar-refractivity contribution < 1.29 is 19.7 Å². The van der Waals surface area contributed by atoms with Crippen LogP contribution in [-0.4, -0.2) is 27.4 Å². The standard InChI is InChI=1S/C19H17Cl2NO4/c1-2-26-19(25)16(21)10-11-9-12(7-8-15(11)20)22-17(23)13-5-3-4-6-14(13)18(22)24/h3,5,7-10,23-24H,2,4,6H2,1H3. The summed E-state index contributed by atoms with van der Waals surface area (Å²) in [4.78, 5) is 11.7. The predicted molar refractivity (Wildman–Crippen MR) is 102 cm³/mol. The number of halogens is 2. The van der Waals surface area contributed by atoms with Gasteiger partial charge in [-0.3, -0.25) is 4.57 Å². The highest BCUT2D eigenvalue weighted by atomic mass is 35.5. The maximum atomic E-state index is 11.7. The van der Waals surface area contributed by atoms with E-state index < -0.39 is 5.97 Å². The second-order valence-electron chi connectivity index (χ2n) is 5.73. The van der Waals surface area contributed by atoms with Crippen LogP contribution in [0, 0.1) is 0 Å². The third-order valence-corrected chi connectivity index (χ3v) is 4.70. The number of carbonyl (C=O) groups excluding carboxylic acids is 1. The monoisotopic (exact) mass is 393 g/mol. The van der Waals surface area contributed by atoms with Crippen LogP contribution in [0.1, 0.15) is 30.0 Å². The molecule has 1 aromatic heterocycles. The quantitative estimate of drug-likeness (QED) is 0.585. The smallest absolute Gasteiger partial charge is 0.349 e. The van der Waals surface area contributed by atoms with Crippen LogP contribution in [0.15, 0.2) is 29.3 Å². The van der Waals surface area contributed by atoms with E-state index in [2.05, 4.69) is 0 Å². The molecule has 0 amide bonds. The first kappa shape index (κ1) is 18.4. The molecule has 0 spiro atoms. The van der Waals surface area contributed by atoms with Crippen molar-refractivity contribution in [1.82, 2.24) is 4.57 Å². The van der Waals surface area contributed by atoms with Crippen LogP contribution in [0.3, 0.4) is 0 Å². The zero-order valence-electron chi connectivity index (χ0n) is 14.0. The minimum absolute atomic E-state index is 0.0180. The van der Waals surface area contributed by atoms with Crippen molar-refractivity contribution in [2.24, 2.45) is 0 Å². The van der Waals surface area contributed by atoms with Crippen LogP contribution >= 0.6 is 23.2 Å². The maximum absolute atomic E-state index is 11.7. The molecule has 2 N–H and O–H groups in total. The number of carbonyl (C=O) groups is 1. The fourth-order valence-corrected chi connectivity index (χ4v) is 3.23. The summed E-state index contributed by atoms with van der Waals surface area (Å²) in [6, 6.07) is 4.89. The highest BCUT2D eigenvalue weighted by Gasteiger charge is 2.23. The van der Waals surface area contributed by atoms with Crippen LogP contribution in [0.5, 0.6) is 11.8 Å². The van der Waals surface area contributed by atoms with E-state index in [0.29, 0.717) is 33.8 Å². The van der Waals surface area contributed by atoms with E-state index in [4.69, 9.17) is 27.9 Å². The van der Waals surface area contributed by atoms with Crippen molar-refractivity contribution in [3.05, 3.63) is 51.0 Å². The summed E-state index contributed by atoms with van der Waals surface area (Å²) in [5.41, 5.74) is 2.25. The lowest BCUT2D eigenvalue weighted by atomic mass is 10.0. The van der Waals surface area contributed by atoms with Gasteiger partial charge in [-0.05, 0) is 49.6 Å². The van der Waals surface area contributed by atoms with Crippen molar-refractivity contribution in [3.63, 3.8) is 0 Å². The van der Waals surface area contributed by atoms with Gasteiger partial charge in [0, 0.05) is 16.1 Å². The van der Waals surface area contributed by atoms with Crippen molar-refractivity contribution >= 4 is 41.3 Å². The number of hydrogen-bond acceptors (Lipinski definition) is 4. The van der Waals surface area contributed by atoms with E-state index in [-0.39, 0.29) is 23.4 Å². The number of aromatic nitrogens is 1. The number of rotatable bonds is 4. The van der Waals surface area contributed by atoms with E-state index in [0.717, 1.165) is 6.42 Å². The number of fused-ring (bicyclic) bond motifs is 1. The Labute approximate surface area is 160 Å². The lowest BCUT2D eigenvalue weighted by Crippen LogP contribution is -2.03. The van der Waals surface area contributed by atoms with E-state index >= 15 is 0 Å². The van der Waals surface area contributed by atoms with Gasteiger partial charge in [-0.15, -0.1) is 0 Å². The average molecular weight is 394 g/mol. The first-order valence-corrected chi connectivity index (χ1v) is 8.86. The Balaban J connectivity index is 2.07. The molecule has 0 fully saturated rings. The summed E-state index contributed by atoms with van der Waals surface area (Å²) in [7, 11) is 0. The number of hydrogen-bond donors (Lipinski definition) is 2. The fraction of sp³-hybridized carbons (Fsp3) is 0.211. The van der Waals surface area contributed by atoms with Crippen LogP contribution in [-0.2, 0) is 16.0 Å². The van der Waals surface area contributed by atoms with Crippen molar-refractivity contribution in [2.75, 3.05) is 6.61 Å². The number of allylic oxidation sites excluding steroid dienone is 1. The van der Waals surface area contributed by atoms with Crippen LogP contribution in [0.25, 0.3) is 17.8 Å². The molecule has 1 aliphatic rings. The Morgan fingerprint density at radius 2 is 2.12 bits per heavy atom. The number of aromatic hydroxyl groups is 2. The molecule has 5 nitrogen and oxygen atoms in total. The molecule has 26 heavy (non-hydrogen) atoms. The summed E-state index contributed by atoms with van der Waals surface area (Å²) < 4.78 is 6.19. The van der Waals surface area contributed by atoms with Crippen molar-refractivity contribution in [2.45, 2.75) is 19.8 Å². The fourth-order valence-electron chi connectivity index (χ4n) is 2.88. The first-order chi connectivity index (χ1) is 12.4. The highest BCUT2D eigenvalue weighted by Crippen LogP contribution is 2.40.